The summed E-state index contributed by atoms with van der Waals surface area (Å²) in [6.45, 7) is 4.88. The number of aromatic nitrogens is 1. The van der Waals surface area contributed by atoms with Crippen LogP contribution in [0.25, 0.3) is 10.9 Å². The fourth-order valence-corrected chi connectivity index (χ4v) is 3.37. The van der Waals surface area contributed by atoms with Crippen molar-refractivity contribution in [2.75, 3.05) is 4.90 Å². The minimum Gasteiger partial charge on any atom is -0.302 e. The van der Waals surface area contributed by atoms with Gasteiger partial charge >= 0.3 is 0 Å². The number of pyridine rings is 1. The van der Waals surface area contributed by atoms with Gasteiger partial charge < -0.3 is 4.90 Å². The maximum Gasteiger partial charge on any atom is 0.259 e. The molecule has 1 aliphatic heterocycles. The molecule has 3 heteroatoms. The Labute approximate surface area is 135 Å². The van der Waals surface area contributed by atoms with Crippen molar-refractivity contribution in [3.8, 4) is 0 Å². The Morgan fingerprint density at radius 3 is 2.65 bits per heavy atom. The number of hydrogen-bond donors (Lipinski definition) is 0. The lowest BCUT2D eigenvalue weighted by molar-refractivity contribution is 0.0995. The number of amides is 1. The van der Waals surface area contributed by atoms with Gasteiger partial charge in [0, 0.05) is 17.1 Å². The Kier molecular flexibility index (Phi) is 3.15. The van der Waals surface area contributed by atoms with Gasteiger partial charge in [0.05, 0.1) is 17.7 Å². The van der Waals surface area contributed by atoms with Crippen molar-refractivity contribution in [1.82, 2.24) is 4.98 Å². The maximum absolute atomic E-state index is 13.1. The summed E-state index contributed by atoms with van der Waals surface area (Å²) in [7, 11) is 0. The zero-order valence-electron chi connectivity index (χ0n) is 13.3. The van der Waals surface area contributed by atoms with Crippen molar-refractivity contribution in [3.05, 3.63) is 71.4 Å². The highest BCUT2D eigenvalue weighted by Crippen LogP contribution is 2.35. The SMILES string of the molecule is CC(C)c1cccc2c1C(=O)N(c1cccc3cccnc13)C2. The average Bonchev–Trinajstić information content (AvgIpc) is 2.91. The van der Waals surface area contributed by atoms with Gasteiger partial charge in [-0.15, -0.1) is 0 Å². The molecule has 0 aliphatic carbocycles. The van der Waals surface area contributed by atoms with Crippen molar-refractivity contribution in [2.24, 2.45) is 0 Å². The van der Waals surface area contributed by atoms with E-state index in [9.17, 15) is 4.79 Å². The van der Waals surface area contributed by atoms with Gasteiger partial charge in [0.1, 0.15) is 0 Å². The first-order chi connectivity index (χ1) is 11.2. The van der Waals surface area contributed by atoms with Crippen LogP contribution in [0.2, 0.25) is 0 Å². The summed E-state index contributed by atoms with van der Waals surface area (Å²) >= 11 is 0. The molecule has 0 saturated heterocycles. The van der Waals surface area contributed by atoms with Crippen LogP contribution >= 0.6 is 0 Å². The van der Waals surface area contributed by atoms with E-state index in [1.165, 1.54) is 0 Å². The molecule has 2 heterocycles. The molecule has 0 radical (unpaired) electrons. The van der Waals surface area contributed by atoms with E-state index in [0.717, 1.165) is 33.3 Å². The molecule has 23 heavy (non-hydrogen) atoms. The molecular weight excluding hydrogens is 284 g/mol. The lowest BCUT2D eigenvalue weighted by atomic mass is 9.95. The van der Waals surface area contributed by atoms with Crippen LogP contribution in [0, 0.1) is 0 Å². The highest BCUT2D eigenvalue weighted by atomic mass is 16.2. The summed E-state index contributed by atoms with van der Waals surface area (Å²) in [4.78, 5) is 19.4. The molecule has 1 aliphatic rings. The normalized spacial score (nSPS) is 13.9. The average molecular weight is 302 g/mol. The van der Waals surface area contributed by atoms with Crippen LogP contribution in [-0.4, -0.2) is 10.9 Å². The van der Waals surface area contributed by atoms with Crippen molar-refractivity contribution in [1.29, 1.82) is 0 Å². The van der Waals surface area contributed by atoms with Crippen LogP contribution in [-0.2, 0) is 6.54 Å². The largest absolute Gasteiger partial charge is 0.302 e. The monoisotopic (exact) mass is 302 g/mol. The van der Waals surface area contributed by atoms with E-state index in [2.05, 4.69) is 31.0 Å². The summed E-state index contributed by atoms with van der Waals surface area (Å²) in [5.41, 5.74) is 4.87. The maximum atomic E-state index is 13.1. The predicted octanol–water partition coefficient (Wildman–Crippen LogP) is 4.52. The van der Waals surface area contributed by atoms with E-state index >= 15 is 0 Å². The zero-order valence-corrected chi connectivity index (χ0v) is 13.3. The Morgan fingerprint density at radius 2 is 1.83 bits per heavy atom. The van der Waals surface area contributed by atoms with E-state index in [-0.39, 0.29) is 5.91 Å². The van der Waals surface area contributed by atoms with Gasteiger partial charge in [-0.1, -0.05) is 50.2 Å². The van der Waals surface area contributed by atoms with Gasteiger partial charge in [-0.2, -0.15) is 0 Å². The molecule has 0 spiro atoms. The van der Waals surface area contributed by atoms with Crippen molar-refractivity contribution >= 4 is 22.5 Å². The Balaban J connectivity index is 1.86. The van der Waals surface area contributed by atoms with Gasteiger partial charge in [-0.3, -0.25) is 9.78 Å². The van der Waals surface area contributed by atoms with Crippen molar-refractivity contribution < 1.29 is 4.79 Å². The zero-order chi connectivity index (χ0) is 16.0. The number of nitrogens with zero attached hydrogens (tertiary/aromatic N) is 2. The summed E-state index contributed by atoms with van der Waals surface area (Å²) in [6, 6.07) is 16.1. The molecule has 1 amide bonds. The Bertz CT molecular complexity index is 909. The van der Waals surface area contributed by atoms with E-state index < -0.39 is 0 Å². The molecule has 4 rings (SSSR count). The smallest absolute Gasteiger partial charge is 0.259 e. The van der Waals surface area contributed by atoms with E-state index in [0.29, 0.717) is 12.5 Å². The number of carbonyl (C=O) groups excluding carboxylic acids is 1. The second-order valence-electron chi connectivity index (χ2n) is 6.28. The third kappa shape index (κ3) is 2.12. The fraction of sp³-hybridized carbons (Fsp3) is 0.200. The van der Waals surface area contributed by atoms with Crippen LogP contribution in [0.3, 0.4) is 0 Å². The number of anilines is 1. The summed E-state index contributed by atoms with van der Waals surface area (Å²) in [5, 5.41) is 1.05. The minimum atomic E-state index is 0.0856. The Hall–Kier alpha value is -2.68. The lowest BCUT2D eigenvalue weighted by Crippen LogP contribution is -2.24. The van der Waals surface area contributed by atoms with Crippen molar-refractivity contribution in [2.45, 2.75) is 26.3 Å². The summed E-state index contributed by atoms with van der Waals surface area (Å²) < 4.78 is 0. The molecule has 0 saturated carbocycles. The Morgan fingerprint density at radius 1 is 1.04 bits per heavy atom. The lowest BCUT2D eigenvalue weighted by Gasteiger charge is -2.18. The topological polar surface area (TPSA) is 33.2 Å². The highest BCUT2D eigenvalue weighted by molar-refractivity contribution is 6.14. The fourth-order valence-electron chi connectivity index (χ4n) is 3.37. The van der Waals surface area contributed by atoms with E-state index in [1.54, 1.807) is 6.20 Å². The number of fused-ring (bicyclic) bond motifs is 2. The first kappa shape index (κ1) is 13.9. The molecule has 3 nitrogen and oxygen atoms in total. The summed E-state index contributed by atoms with van der Waals surface area (Å²) in [6.07, 6.45) is 1.78. The molecule has 0 unspecified atom stereocenters. The first-order valence-electron chi connectivity index (χ1n) is 7.94. The quantitative estimate of drug-likeness (QED) is 0.697. The minimum absolute atomic E-state index is 0.0856. The molecule has 0 fully saturated rings. The van der Waals surface area contributed by atoms with Gasteiger partial charge in [-0.05, 0) is 29.2 Å². The number of rotatable bonds is 2. The third-order valence-corrected chi connectivity index (χ3v) is 4.49. The molecule has 0 bridgehead atoms. The van der Waals surface area contributed by atoms with E-state index in [1.807, 2.05) is 41.3 Å². The number of benzene rings is 2. The second-order valence-corrected chi connectivity index (χ2v) is 6.28. The molecule has 0 atom stereocenters. The molecule has 0 N–H and O–H groups in total. The highest BCUT2D eigenvalue weighted by Gasteiger charge is 2.32. The first-order valence-corrected chi connectivity index (χ1v) is 7.94. The molecule has 114 valence electrons. The predicted molar refractivity (Wildman–Crippen MR) is 92.8 cm³/mol. The van der Waals surface area contributed by atoms with Gasteiger partial charge in [0.2, 0.25) is 0 Å². The number of hydrogen-bond acceptors (Lipinski definition) is 2. The number of para-hydroxylation sites is 1. The standard InChI is InChI=1S/C20H18N2O/c1-13(2)16-9-3-7-15-12-22(20(23)18(15)16)17-10-4-6-14-8-5-11-21-19(14)17/h3-11,13H,12H2,1-2H3. The molecule has 1 aromatic heterocycles. The van der Waals surface area contributed by atoms with Gasteiger partial charge in [-0.25, -0.2) is 0 Å². The third-order valence-electron chi connectivity index (χ3n) is 4.49. The second kappa shape index (κ2) is 5.20. The van der Waals surface area contributed by atoms with E-state index in [4.69, 9.17) is 0 Å². The summed E-state index contributed by atoms with van der Waals surface area (Å²) in [5.74, 6) is 0.418. The molecular formula is C20H18N2O. The number of carbonyl (C=O) groups is 1. The van der Waals surface area contributed by atoms with Crippen LogP contribution in [0.1, 0.15) is 41.3 Å². The van der Waals surface area contributed by atoms with Gasteiger partial charge in [0.25, 0.3) is 5.91 Å². The molecule has 3 aromatic rings. The molecule has 2 aromatic carbocycles. The van der Waals surface area contributed by atoms with Crippen LogP contribution in [0.4, 0.5) is 5.69 Å². The van der Waals surface area contributed by atoms with Crippen LogP contribution < -0.4 is 4.90 Å². The van der Waals surface area contributed by atoms with Crippen molar-refractivity contribution in [3.63, 3.8) is 0 Å². The van der Waals surface area contributed by atoms with Crippen LogP contribution in [0.15, 0.2) is 54.7 Å². The van der Waals surface area contributed by atoms with Crippen LogP contribution in [0.5, 0.6) is 0 Å². The van der Waals surface area contributed by atoms with Gasteiger partial charge in [0.15, 0.2) is 0 Å².